The van der Waals surface area contributed by atoms with E-state index in [1.54, 1.807) is 11.8 Å². The van der Waals surface area contributed by atoms with Crippen molar-refractivity contribution in [1.82, 2.24) is 4.90 Å². The van der Waals surface area contributed by atoms with Crippen LogP contribution in [0.4, 0.5) is 0 Å². The first-order valence-corrected chi connectivity index (χ1v) is 8.36. The summed E-state index contributed by atoms with van der Waals surface area (Å²) < 4.78 is 6.72. The molecule has 102 valence electrons. The Bertz CT molecular complexity index is 476. The molecule has 2 unspecified atom stereocenters. The van der Waals surface area contributed by atoms with Crippen molar-refractivity contribution in [2.75, 3.05) is 18.9 Å². The molecule has 3 nitrogen and oxygen atoms in total. The third-order valence-corrected chi connectivity index (χ3v) is 5.28. The Labute approximate surface area is 125 Å². The van der Waals surface area contributed by atoms with Gasteiger partial charge in [-0.15, -0.1) is 11.8 Å². The van der Waals surface area contributed by atoms with Gasteiger partial charge < -0.3 is 9.64 Å². The first-order valence-electron chi connectivity index (χ1n) is 6.52. The van der Waals surface area contributed by atoms with E-state index in [1.807, 2.05) is 17.0 Å². The summed E-state index contributed by atoms with van der Waals surface area (Å²) in [7, 11) is 0. The van der Waals surface area contributed by atoms with Crippen molar-refractivity contribution >= 4 is 33.6 Å². The molecule has 2 fully saturated rings. The summed E-state index contributed by atoms with van der Waals surface area (Å²) in [5, 5.41) is 0.134. The van der Waals surface area contributed by atoms with Gasteiger partial charge in [-0.25, -0.2) is 0 Å². The normalized spacial score (nSPS) is 27.2. The molecule has 5 heteroatoms. The molecular weight excluding hydrogens is 326 g/mol. The average Bonchev–Trinajstić information content (AvgIpc) is 3.01. The van der Waals surface area contributed by atoms with Crippen molar-refractivity contribution in [2.24, 2.45) is 0 Å². The SMILES string of the molecule is O=C1CSC(c2cccc(Br)c2)N1CC1CCCO1. The van der Waals surface area contributed by atoms with Gasteiger partial charge in [0.2, 0.25) is 5.91 Å². The number of amides is 1. The number of ether oxygens (including phenoxy) is 1. The zero-order valence-electron chi connectivity index (χ0n) is 10.5. The molecule has 1 aromatic carbocycles. The molecule has 0 N–H and O–H groups in total. The third-order valence-electron chi connectivity index (χ3n) is 3.53. The van der Waals surface area contributed by atoms with Gasteiger partial charge >= 0.3 is 0 Å². The Kier molecular flexibility index (Phi) is 4.15. The summed E-state index contributed by atoms with van der Waals surface area (Å²) in [6.07, 6.45) is 2.40. The molecular formula is C14H16BrNO2S. The molecule has 0 radical (unpaired) electrons. The van der Waals surface area contributed by atoms with Gasteiger partial charge in [0, 0.05) is 17.6 Å². The summed E-state index contributed by atoms with van der Waals surface area (Å²) in [4.78, 5) is 14.0. The smallest absolute Gasteiger partial charge is 0.233 e. The van der Waals surface area contributed by atoms with Crippen molar-refractivity contribution < 1.29 is 9.53 Å². The highest BCUT2D eigenvalue weighted by Crippen LogP contribution is 2.39. The molecule has 0 spiro atoms. The van der Waals surface area contributed by atoms with Crippen LogP contribution in [0.2, 0.25) is 0 Å². The fourth-order valence-electron chi connectivity index (χ4n) is 2.60. The van der Waals surface area contributed by atoms with Gasteiger partial charge in [-0.1, -0.05) is 28.1 Å². The minimum atomic E-state index is 0.134. The summed E-state index contributed by atoms with van der Waals surface area (Å²) in [5.41, 5.74) is 1.18. The summed E-state index contributed by atoms with van der Waals surface area (Å²) >= 11 is 5.20. The average molecular weight is 342 g/mol. The number of carbonyl (C=O) groups excluding carboxylic acids is 1. The maximum atomic E-state index is 12.1. The van der Waals surface area contributed by atoms with Crippen LogP contribution in [-0.4, -0.2) is 35.8 Å². The summed E-state index contributed by atoms with van der Waals surface area (Å²) in [6.45, 7) is 1.56. The number of benzene rings is 1. The first-order chi connectivity index (χ1) is 9.24. The maximum absolute atomic E-state index is 12.1. The Morgan fingerprint density at radius 2 is 2.37 bits per heavy atom. The van der Waals surface area contributed by atoms with E-state index in [2.05, 4.69) is 28.1 Å². The Hall–Kier alpha value is -0.520. The quantitative estimate of drug-likeness (QED) is 0.845. The van der Waals surface area contributed by atoms with E-state index >= 15 is 0 Å². The van der Waals surface area contributed by atoms with E-state index in [0.29, 0.717) is 5.75 Å². The second-order valence-electron chi connectivity index (χ2n) is 4.90. The van der Waals surface area contributed by atoms with Crippen molar-refractivity contribution in [3.63, 3.8) is 0 Å². The number of hydrogen-bond acceptors (Lipinski definition) is 3. The molecule has 1 amide bonds. The molecule has 0 bridgehead atoms. The van der Waals surface area contributed by atoms with E-state index < -0.39 is 0 Å². The molecule has 2 heterocycles. The molecule has 2 atom stereocenters. The van der Waals surface area contributed by atoms with Crippen LogP contribution in [0.15, 0.2) is 28.7 Å². The molecule has 0 aliphatic carbocycles. The molecule has 0 aromatic heterocycles. The molecule has 1 aromatic rings. The topological polar surface area (TPSA) is 29.5 Å². The standard InChI is InChI=1S/C14H16BrNO2S/c15-11-4-1-3-10(7-11)14-16(13(17)9-19-14)8-12-5-2-6-18-12/h1,3-4,7,12,14H,2,5-6,8-9H2. The minimum Gasteiger partial charge on any atom is -0.376 e. The lowest BCUT2D eigenvalue weighted by Crippen LogP contribution is -2.35. The molecule has 2 saturated heterocycles. The van der Waals surface area contributed by atoms with Crippen molar-refractivity contribution in [3.8, 4) is 0 Å². The van der Waals surface area contributed by atoms with E-state index in [4.69, 9.17) is 4.74 Å². The zero-order valence-corrected chi connectivity index (χ0v) is 13.0. The number of rotatable bonds is 3. The van der Waals surface area contributed by atoms with Crippen molar-refractivity contribution in [3.05, 3.63) is 34.3 Å². The molecule has 2 aliphatic heterocycles. The summed E-state index contributed by atoms with van der Waals surface area (Å²) in [6, 6.07) is 8.21. The predicted octanol–water partition coefficient (Wildman–Crippen LogP) is 3.20. The molecule has 19 heavy (non-hydrogen) atoms. The van der Waals surface area contributed by atoms with Gasteiger partial charge in [-0.3, -0.25) is 4.79 Å². The molecule has 3 rings (SSSR count). The van der Waals surface area contributed by atoms with Crippen LogP contribution in [0.3, 0.4) is 0 Å². The van der Waals surface area contributed by atoms with Crippen LogP contribution >= 0.6 is 27.7 Å². The van der Waals surface area contributed by atoms with E-state index in [1.165, 1.54) is 5.56 Å². The number of nitrogens with zero attached hydrogens (tertiary/aromatic N) is 1. The zero-order chi connectivity index (χ0) is 13.2. The van der Waals surface area contributed by atoms with Crippen LogP contribution in [0, 0.1) is 0 Å². The number of halogens is 1. The number of hydrogen-bond donors (Lipinski definition) is 0. The van der Waals surface area contributed by atoms with Crippen LogP contribution < -0.4 is 0 Å². The number of carbonyl (C=O) groups is 1. The first kappa shape index (κ1) is 13.5. The van der Waals surface area contributed by atoms with E-state index in [0.717, 1.165) is 30.5 Å². The van der Waals surface area contributed by atoms with Crippen LogP contribution in [0.1, 0.15) is 23.8 Å². The van der Waals surface area contributed by atoms with Gasteiger partial charge in [0.15, 0.2) is 0 Å². The van der Waals surface area contributed by atoms with Crippen LogP contribution in [-0.2, 0) is 9.53 Å². The monoisotopic (exact) mass is 341 g/mol. The van der Waals surface area contributed by atoms with E-state index in [-0.39, 0.29) is 17.4 Å². The van der Waals surface area contributed by atoms with Gasteiger partial charge in [-0.05, 0) is 30.5 Å². The predicted molar refractivity (Wildman–Crippen MR) is 80.0 cm³/mol. The molecule has 0 saturated carbocycles. The van der Waals surface area contributed by atoms with Gasteiger partial charge in [-0.2, -0.15) is 0 Å². The lowest BCUT2D eigenvalue weighted by atomic mass is 10.2. The van der Waals surface area contributed by atoms with Gasteiger partial charge in [0.05, 0.1) is 11.9 Å². The highest BCUT2D eigenvalue weighted by atomic mass is 79.9. The minimum absolute atomic E-state index is 0.134. The number of thioether (sulfide) groups is 1. The van der Waals surface area contributed by atoms with Crippen molar-refractivity contribution in [1.29, 1.82) is 0 Å². The molecule has 2 aliphatic rings. The van der Waals surface area contributed by atoms with Crippen LogP contribution in [0.25, 0.3) is 0 Å². The van der Waals surface area contributed by atoms with E-state index in [9.17, 15) is 4.79 Å². The fourth-order valence-corrected chi connectivity index (χ4v) is 4.20. The third kappa shape index (κ3) is 2.98. The second-order valence-corrected chi connectivity index (χ2v) is 6.88. The highest BCUT2D eigenvalue weighted by Gasteiger charge is 2.35. The van der Waals surface area contributed by atoms with Crippen LogP contribution in [0.5, 0.6) is 0 Å². The Morgan fingerprint density at radius 3 is 3.11 bits per heavy atom. The van der Waals surface area contributed by atoms with Crippen molar-refractivity contribution in [2.45, 2.75) is 24.3 Å². The Morgan fingerprint density at radius 1 is 1.47 bits per heavy atom. The van der Waals surface area contributed by atoms with Gasteiger partial charge in [0.25, 0.3) is 0 Å². The largest absolute Gasteiger partial charge is 0.376 e. The summed E-state index contributed by atoms with van der Waals surface area (Å²) in [5.74, 6) is 0.801. The Balaban J connectivity index is 1.77. The highest BCUT2D eigenvalue weighted by molar-refractivity contribution is 9.10. The fraction of sp³-hybridized carbons (Fsp3) is 0.500. The lowest BCUT2D eigenvalue weighted by Gasteiger charge is -2.26. The maximum Gasteiger partial charge on any atom is 0.233 e. The lowest BCUT2D eigenvalue weighted by molar-refractivity contribution is -0.129. The second kappa shape index (κ2) is 5.85. The van der Waals surface area contributed by atoms with Gasteiger partial charge in [0.1, 0.15) is 5.37 Å².